The highest BCUT2D eigenvalue weighted by Crippen LogP contribution is 2.27. The summed E-state index contributed by atoms with van der Waals surface area (Å²) in [5.74, 6) is -6.43. The van der Waals surface area contributed by atoms with E-state index in [1.54, 1.807) is 32.9 Å². The van der Waals surface area contributed by atoms with E-state index < -0.39 is 119 Å². The first-order valence-corrected chi connectivity index (χ1v) is 27.4. The molecule has 5 rings (SSSR count). The van der Waals surface area contributed by atoms with Crippen LogP contribution in [0.25, 0.3) is 0 Å². The lowest BCUT2D eigenvalue weighted by Crippen LogP contribution is -2.62. The van der Waals surface area contributed by atoms with Crippen LogP contribution in [0.4, 0.5) is 0 Å². The van der Waals surface area contributed by atoms with Crippen molar-refractivity contribution in [3.63, 3.8) is 0 Å². The Bertz CT molecular complexity index is 2290. The lowest BCUT2D eigenvalue weighted by atomic mass is 9.95. The maximum absolute atomic E-state index is 14.7. The van der Waals surface area contributed by atoms with Gasteiger partial charge in [-0.05, 0) is 85.7 Å². The van der Waals surface area contributed by atoms with Crippen LogP contribution < -0.4 is 37.2 Å². The highest BCUT2D eigenvalue weighted by Gasteiger charge is 2.45. The van der Waals surface area contributed by atoms with Gasteiger partial charge in [0.1, 0.15) is 54.4 Å². The molecule has 18 nitrogen and oxygen atoms in total. The third kappa shape index (κ3) is 16.8. The van der Waals surface area contributed by atoms with Gasteiger partial charge in [0.2, 0.25) is 53.2 Å². The van der Waals surface area contributed by atoms with Crippen molar-refractivity contribution < 1.29 is 43.2 Å². The van der Waals surface area contributed by atoms with Crippen LogP contribution in [-0.2, 0) is 56.0 Å². The number of benzene rings is 2. The predicted octanol–water partition coefficient (Wildman–Crippen LogP) is 3.70. The summed E-state index contributed by atoms with van der Waals surface area (Å²) in [5, 5.41) is 20.3. The van der Waals surface area contributed by atoms with Crippen molar-refractivity contribution >= 4 is 53.2 Å². The molecule has 3 fully saturated rings. The summed E-state index contributed by atoms with van der Waals surface area (Å²) in [6, 6.07) is 8.19. The van der Waals surface area contributed by atoms with Gasteiger partial charge in [-0.2, -0.15) is 0 Å². The number of amides is 9. The number of carbonyl (C=O) groups is 9. The molecule has 2 aromatic carbocycles. The Balaban J connectivity index is 1.60. The molecule has 9 amide bonds. The lowest BCUT2D eigenvalue weighted by molar-refractivity contribution is -0.148. The number of carbonyl (C=O) groups excluding carboxylic acids is 9. The summed E-state index contributed by atoms with van der Waals surface area (Å²) in [4.78, 5) is 134. The highest BCUT2D eigenvalue weighted by atomic mass is 16.2. The van der Waals surface area contributed by atoms with E-state index in [9.17, 15) is 43.2 Å². The minimum Gasteiger partial charge on any atom is -0.343 e. The van der Waals surface area contributed by atoms with Crippen molar-refractivity contribution in [3.05, 3.63) is 71.8 Å². The molecule has 2 aromatic rings. The van der Waals surface area contributed by atoms with Gasteiger partial charge < -0.3 is 47.0 Å². The molecule has 1 unspecified atom stereocenters. The van der Waals surface area contributed by atoms with Crippen LogP contribution >= 0.6 is 0 Å². The standard InChI is InChI=1S/C57H85N9O9/c1-11-37(10)48-55(73)61-40(28-33(2)3)49(67)62-44(30-35(6)7)56(74)66-27-19-25-46(66)57(75)65-26-18-24-45(65)53(71)60-43(32-39-22-16-13-17-23-39)51(69)59-42(31-38-20-14-12-15-21-38)50(68)58-41(29-34(4)5)52(70)63-47(36(8)9)54(72)64-48/h12-17,20-23,33-37,40-48H,11,18-19,24-32H2,1-10H3,(H,58,68)(H,59,69)(H,60,71)(H,61,73)(H,62,67)(H,63,70)(H,64,72)/t37-,40+,41-,42+,43-,44-,45-,46?,47-,48-/m0/s1. The average Bonchev–Trinajstić information content (AvgIpc) is 4.07. The van der Waals surface area contributed by atoms with Crippen LogP contribution in [-0.4, -0.2) is 130 Å². The van der Waals surface area contributed by atoms with Gasteiger partial charge in [-0.15, -0.1) is 0 Å². The zero-order valence-corrected chi connectivity index (χ0v) is 45.9. The molecule has 75 heavy (non-hydrogen) atoms. The zero-order valence-electron chi connectivity index (χ0n) is 45.9. The third-order valence-electron chi connectivity index (χ3n) is 14.5. The molecule has 3 aliphatic rings. The van der Waals surface area contributed by atoms with Crippen molar-refractivity contribution in [3.8, 4) is 0 Å². The van der Waals surface area contributed by atoms with E-state index >= 15 is 0 Å². The Morgan fingerprint density at radius 2 is 0.800 bits per heavy atom. The molecule has 0 aromatic heterocycles. The van der Waals surface area contributed by atoms with E-state index in [4.69, 9.17) is 0 Å². The summed E-state index contributed by atoms with van der Waals surface area (Å²) in [6.07, 6.45) is 2.81. The van der Waals surface area contributed by atoms with E-state index in [0.717, 1.165) is 5.56 Å². The van der Waals surface area contributed by atoms with Gasteiger partial charge in [-0.3, -0.25) is 43.2 Å². The molecule has 10 atom stereocenters. The molecule has 0 spiro atoms. The second kappa shape index (κ2) is 28.0. The fourth-order valence-electron chi connectivity index (χ4n) is 10.3. The first kappa shape index (κ1) is 59.5. The van der Waals surface area contributed by atoms with Gasteiger partial charge in [0.15, 0.2) is 0 Å². The SMILES string of the molecule is CC[C@H](C)[C@@H]1NC(=O)[C@H](C(C)C)NC(=O)[C@H](CC(C)C)NC(=O)[C@@H](Cc2ccccc2)NC(=O)[C@H](Cc2ccccc2)NC(=O)[C@@H]2CCCN2C(=O)C2CCCN2C(=O)[C@H](CC(C)C)NC(=O)[C@@H](CC(C)C)NC1=O. The van der Waals surface area contributed by atoms with Crippen molar-refractivity contribution in [2.24, 2.45) is 29.6 Å². The molecule has 3 heterocycles. The number of hydrogen-bond donors (Lipinski definition) is 7. The maximum Gasteiger partial charge on any atom is 0.246 e. The van der Waals surface area contributed by atoms with Crippen molar-refractivity contribution in [1.29, 1.82) is 0 Å². The van der Waals surface area contributed by atoms with Gasteiger partial charge in [0.05, 0.1) is 0 Å². The van der Waals surface area contributed by atoms with E-state index in [1.165, 1.54) is 9.80 Å². The monoisotopic (exact) mass is 1040 g/mol. The fourth-order valence-corrected chi connectivity index (χ4v) is 10.3. The lowest BCUT2D eigenvalue weighted by Gasteiger charge is -2.34. The molecular weight excluding hydrogens is 955 g/mol. The summed E-state index contributed by atoms with van der Waals surface area (Å²) in [6.45, 7) is 19.1. The summed E-state index contributed by atoms with van der Waals surface area (Å²) in [5.41, 5.74) is 1.44. The number of fused-ring (bicyclic) bond motifs is 2. The molecule has 3 saturated heterocycles. The van der Waals surface area contributed by atoms with E-state index in [0.29, 0.717) is 37.7 Å². The minimum absolute atomic E-state index is 0.0230. The molecular formula is C57H85N9O9. The van der Waals surface area contributed by atoms with Crippen LogP contribution in [0.1, 0.15) is 132 Å². The zero-order chi connectivity index (χ0) is 55.1. The summed E-state index contributed by atoms with van der Waals surface area (Å²) >= 11 is 0. The molecule has 18 heteroatoms. The quantitative estimate of drug-likeness (QED) is 0.155. The number of nitrogens with zero attached hydrogens (tertiary/aromatic N) is 2. The number of nitrogens with one attached hydrogen (secondary N) is 7. The maximum atomic E-state index is 14.7. The highest BCUT2D eigenvalue weighted by molar-refractivity contribution is 5.99. The molecule has 0 radical (unpaired) electrons. The second-order valence-corrected chi connectivity index (χ2v) is 22.6. The predicted molar refractivity (Wildman–Crippen MR) is 286 cm³/mol. The Morgan fingerprint density at radius 3 is 1.28 bits per heavy atom. The molecule has 7 N–H and O–H groups in total. The number of hydrogen-bond acceptors (Lipinski definition) is 9. The largest absolute Gasteiger partial charge is 0.343 e. The third-order valence-corrected chi connectivity index (χ3v) is 14.5. The summed E-state index contributed by atoms with van der Waals surface area (Å²) in [7, 11) is 0. The summed E-state index contributed by atoms with van der Waals surface area (Å²) < 4.78 is 0. The van der Waals surface area contributed by atoms with Crippen LogP contribution in [0.3, 0.4) is 0 Å². The van der Waals surface area contributed by atoms with Crippen LogP contribution in [0, 0.1) is 29.6 Å². The Morgan fingerprint density at radius 1 is 0.427 bits per heavy atom. The average molecular weight is 1040 g/mol. The van der Waals surface area contributed by atoms with Gasteiger partial charge in [0, 0.05) is 25.9 Å². The van der Waals surface area contributed by atoms with E-state index in [-0.39, 0.29) is 62.9 Å². The molecule has 0 bridgehead atoms. The molecule has 0 aliphatic carbocycles. The Kier molecular flexibility index (Phi) is 22.2. The normalized spacial score (nSPS) is 27.0. The molecule has 3 aliphatic heterocycles. The smallest absolute Gasteiger partial charge is 0.246 e. The van der Waals surface area contributed by atoms with Crippen LogP contribution in [0.5, 0.6) is 0 Å². The first-order valence-electron chi connectivity index (χ1n) is 27.4. The van der Waals surface area contributed by atoms with Gasteiger partial charge in [0.25, 0.3) is 0 Å². The molecule has 412 valence electrons. The van der Waals surface area contributed by atoms with Crippen LogP contribution in [0.2, 0.25) is 0 Å². The van der Waals surface area contributed by atoms with Crippen molar-refractivity contribution in [1.82, 2.24) is 47.0 Å². The fraction of sp³-hybridized carbons (Fsp3) is 0.632. The Hall–Kier alpha value is -6.33. The number of rotatable bonds is 13. The van der Waals surface area contributed by atoms with Crippen molar-refractivity contribution in [2.45, 2.75) is 188 Å². The van der Waals surface area contributed by atoms with Crippen LogP contribution in [0.15, 0.2) is 60.7 Å². The second-order valence-electron chi connectivity index (χ2n) is 22.6. The van der Waals surface area contributed by atoms with Gasteiger partial charge >= 0.3 is 0 Å². The van der Waals surface area contributed by atoms with Gasteiger partial charge in [-0.1, -0.05) is 136 Å². The van der Waals surface area contributed by atoms with E-state index in [2.05, 4.69) is 37.2 Å². The van der Waals surface area contributed by atoms with E-state index in [1.807, 2.05) is 97.0 Å². The van der Waals surface area contributed by atoms with Gasteiger partial charge in [-0.25, -0.2) is 0 Å². The Labute approximate surface area is 444 Å². The molecule has 0 saturated carbocycles. The van der Waals surface area contributed by atoms with Crippen molar-refractivity contribution in [2.75, 3.05) is 13.1 Å². The topological polar surface area (TPSA) is 244 Å². The minimum atomic E-state index is -1.24. The first-order chi connectivity index (χ1) is 35.6.